The number of carbonyl (C=O) groups is 2. The molecule has 0 heterocycles. The number of benzene rings is 2. The number of nitro groups is 1. The zero-order valence-electron chi connectivity index (χ0n) is 10.9. The highest BCUT2D eigenvalue weighted by Crippen LogP contribution is 2.20. The molecule has 0 radical (unpaired) electrons. The first-order valence-corrected chi connectivity index (χ1v) is 5.84. The van der Waals surface area contributed by atoms with Gasteiger partial charge in [0.25, 0.3) is 5.69 Å². The fourth-order valence-electron chi connectivity index (χ4n) is 1.57. The minimum absolute atomic E-state index is 0.115. The van der Waals surface area contributed by atoms with E-state index in [0.717, 1.165) is 6.29 Å². The zero-order chi connectivity index (χ0) is 15.0. The summed E-state index contributed by atoms with van der Waals surface area (Å²) in [4.78, 5) is 31.1. The summed E-state index contributed by atoms with van der Waals surface area (Å²) in [6.45, 7) is 1.44. The maximum absolute atomic E-state index is 12.1. The molecule has 0 unspecified atom stereocenters. The van der Waals surface area contributed by atoms with Gasteiger partial charge in [0.1, 0.15) is 11.8 Å². The molecule has 0 aliphatic carbocycles. The van der Waals surface area contributed by atoms with Crippen LogP contribution in [0.3, 0.4) is 0 Å². The lowest BCUT2D eigenvalue weighted by molar-refractivity contribution is -0.385. The van der Waals surface area contributed by atoms with Crippen LogP contribution >= 0.6 is 0 Å². The number of hydrogen-bond donors (Lipinski definition) is 0. The number of rotatable bonds is 3. The van der Waals surface area contributed by atoms with Gasteiger partial charge >= 0.3 is 0 Å². The maximum Gasteiger partial charge on any atom is 0.280 e. The lowest BCUT2D eigenvalue weighted by Crippen LogP contribution is -2.04. The van der Waals surface area contributed by atoms with Gasteiger partial charge in [-0.1, -0.05) is 42.5 Å². The summed E-state index contributed by atoms with van der Waals surface area (Å²) in [7, 11) is 0. The number of para-hydroxylation sites is 1. The van der Waals surface area contributed by atoms with Crippen molar-refractivity contribution >= 4 is 17.8 Å². The first-order chi connectivity index (χ1) is 9.61. The van der Waals surface area contributed by atoms with Gasteiger partial charge in [-0.25, -0.2) is 0 Å². The summed E-state index contributed by atoms with van der Waals surface area (Å²) in [5.41, 5.74) is 0.395. The van der Waals surface area contributed by atoms with Gasteiger partial charge in [0.2, 0.25) is 0 Å². The van der Waals surface area contributed by atoms with Crippen LogP contribution in [0.5, 0.6) is 0 Å². The second-order valence-corrected chi connectivity index (χ2v) is 3.71. The molecule has 0 saturated carbocycles. The van der Waals surface area contributed by atoms with Gasteiger partial charge in [0, 0.05) is 11.6 Å². The summed E-state index contributed by atoms with van der Waals surface area (Å²) < 4.78 is 0. The Morgan fingerprint density at radius 1 is 1.05 bits per heavy atom. The van der Waals surface area contributed by atoms with Crippen molar-refractivity contribution in [3.05, 3.63) is 75.8 Å². The fraction of sp³-hybridized carbons (Fsp3) is 0.0667. The van der Waals surface area contributed by atoms with Gasteiger partial charge in [0.05, 0.1) is 4.92 Å². The second kappa shape index (κ2) is 7.58. The molecule has 0 amide bonds. The summed E-state index contributed by atoms with van der Waals surface area (Å²) in [5, 5.41) is 10.8. The van der Waals surface area contributed by atoms with Crippen LogP contribution in [0.2, 0.25) is 0 Å². The van der Waals surface area contributed by atoms with Crippen LogP contribution in [0.4, 0.5) is 5.69 Å². The SMILES string of the molecule is CC=O.O=C(c1ccccc1)c1ccccc1[N+](=O)[O-]. The van der Waals surface area contributed by atoms with E-state index in [1.807, 2.05) is 0 Å². The molecular formula is C15H13NO4. The van der Waals surface area contributed by atoms with Crippen molar-refractivity contribution in [2.45, 2.75) is 6.92 Å². The average molecular weight is 271 g/mol. The molecule has 5 nitrogen and oxygen atoms in total. The van der Waals surface area contributed by atoms with Gasteiger partial charge < -0.3 is 4.79 Å². The molecule has 0 aliphatic rings. The van der Waals surface area contributed by atoms with Crippen LogP contribution in [0.25, 0.3) is 0 Å². The Labute approximate surface area is 116 Å². The quantitative estimate of drug-likeness (QED) is 0.372. The highest BCUT2D eigenvalue weighted by atomic mass is 16.6. The Morgan fingerprint density at radius 2 is 1.55 bits per heavy atom. The average Bonchev–Trinajstić information content (AvgIpc) is 2.48. The third-order valence-electron chi connectivity index (χ3n) is 2.38. The third-order valence-corrected chi connectivity index (χ3v) is 2.38. The monoisotopic (exact) mass is 271 g/mol. The van der Waals surface area contributed by atoms with E-state index in [4.69, 9.17) is 4.79 Å². The summed E-state index contributed by atoms with van der Waals surface area (Å²) in [6.07, 6.45) is 0.750. The smallest absolute Gasteiger partial charge is 0.280 e. The molecule has 0 saturated heterocycles. The Balaban J connectivity index is 0.000000612. The van der Waals surface area contributed by atoms with Gasteiger partial charge in [-0.2, -0.15) is 0 Å². The van der Waals surface area contributed by atoms with E-state index < -0.39 is 4.92 Å². The van der Waals surface area contributed by atoms with Crippen LogP contribution in [-0.2, 0) is 4.79 Å². The second-order valence-electron chi connectivity index (χ2n) is 3.71. The number of nitro benzene ring substituents is 1. The molecule has 0 spiro atoms. The van der Waals surface area contributed by atoms with E-state index in [0.29, 0.717) is 5.56 Å². The Bertz CT molecular complexity index is 608. The van der Waals surface area contributed by atoms with E-state index in [2.05, 4.69) is 0 Å². The van der Waals surface area contributed by atoms with Gasteiger partial charge in [-0.3, -0.25) is 14.9 Å². The molecule has 0 atom stereocenters. The molecule has 20 heavy (non-hydrogen) atoms. The number of aldehydes is 1. The topological polar surface area (TPSA) is 77.3 Å². The normalized spacial score (nSPS) is 9.05. The minimum Gasteiger partial charge on any atom is -0.304 e. The van der Waals surface area contributed by atoms with Crippen molar-refractivity contribution < 1.29 is 14.5 Å². The first-order valence-electron chi connectivity index (χ1n) is 5.84. The predicted molar refractivity (Wildman–Crippen MR) is 74.7 cm³/mol. The number of carbonyl (C=O) groups excluding carboxylic acids is 2. The Hall–Kier alpha value is -2.82. The molecular weight excluding hydrogens is 258 g/mol. The number of hydrogen-bond acceptors (Lipinski definition) is 4. The highest BCUT2D eigenvalue weighted by Gasteiger charge is 2.19. The van der Waals surface area contributed by atoms with Gasteiger partial charge in [-0.15, -0.1) is 0 Å². The Morgan fingerprint density at radius 3 is 2.10 bits per heavy atom. The van der Waals surface area contributed by atoms with Gasteiger partial charge in [0.15, 0.2) is 5.78 Å². The highest BCUT2D eigenvalue weighted by molar-refractivity contribution is 6.11. The van der Waals surface area contributed by atoms with Crippen LogP contribution in [0.15, 0.2) is 54.6 Å². The number of ketones is 1. The van der Waals surface area contributed by atoms with Crippen LogP contribution < -0.4 is 0 Å². The molecule has 2 aromatic carbocycles. The largest absolute Gasteiger partial charge is 0.304 e. The van der Waals surface area contributed by atoms with Crippen molar-refractivity contribution in [1.29, 1.82) is 0 Å². The molecule has 0 N–H and O–H groups in total. The number of nitrogens with zero attached hydrogens (tertiary/aromatic N) is 1. The molecule has 0 bridgehead atoms. The van der Waals surface area contributed by atoms with E-state index in [1.54, 1.807) is 42.5 Å². The maximum atomic E-state index is 12.1. The van der Waals surface area contributed by atoms with Crippen molar-refractivity contribution in [3.63, 3.8) is 0 Å². The van der Waals surface area contributed by atoms with E-state index >= 15 is 0 Å². The zero-order valence-corrected chi connectivity index (χ0v) is 10.9. The third kappa shape index (κ3) is 3.84. The predicted octanol–water partition coefficient (Wildman–Crippen LogP) is 3.03. The van der Waals surface area contributed by atoms with Crippen molar-refractivity contribution in [2.24, 2.45) is 0 Å². The fourth-order valence-corrected chi connectivity index (χ4v) is 1.57. The first kappa shape index (κ1) is 15.2. The summed E-state index contributed by atoms with van der Waals surface area (Å²) in [5.74, 6) is -0.335. The Kier molecular flexibility index (Phi) is 5.77. The molecule has 0 aliphatic heterocycles. The lowest BCUT2D eigenvalue weighted by atomic mass is 10.0. The minimum atomic E-state index is -0.545. The van der Waals surface area contributed by atoms with Crippen LogP contribution in [0.1, 0.15) is 22.8 Å². The van der Waals surface area contributed by atoms with Crippen LogP contribution in [0, 0.1) is 10.1 Å². The molecule has 0 fully saturated rings. The van der Waals surface area contributed by atoms with Crippen molar-refractivity contribution in [3.8, 4) is 0 Å². The van der Waals surface area contributed by atoms with Crippen LogP contribution in [-0.4, -0.2) is 17.0 Å². The lowest BCUT2D eigenvalue weighted by Gasteiger charge is -2.01. The summed E-state index contributed by atoms with van der Waals surface area (Å²) >= 11 is 0. The molecule has 2 aromatic rings. The molecule has 5 heteroatoms. The van der Waals surface area contributed by atoms with Crippen molar-refractivity contribution in [2.75, 3.05) is 0 Å². The molecule has 2 rings (SSSR count). The molecule has 0 aromatic heterocycles. The molecule has 102 valence electrons. The van der Waals surface area contributed by atoms with E-state index in [-0.39, 0.29) is 17.0 Å². The van der Waals surface area contributed by atoms with E-state index in [9.17, 15) is 14.9 Å². The van der Waals surface area contributed by atoms with Gasteiger partial charge in [-0.05, 0) is 13.0 Å². The summed E-state index contributed by atoms with van der Waals surface area (Å²) in [6, 6.07) is 14.5. The van der Waals surface area contributed by atoms with Crippen molar-refractivity contribution in [1.82, 2.24) is 0 Å². The standard InChI is InChI=1S/C13H9NO3.C2H4O/c15-13(10-6-2-1-3-7-10)11-8-4-5-9-12(11)14(16)17;1-2-3/h1-9H;2H,1H3. The van der Waals surface area contributed by atoms with E-state index in [1.165, 1.54) is 19.1 Å².